The van der Waals surface area contributed by atoms with Gasteiger partial charge in [-0.2, -0.15) is 5.26 Å². The van der Waals surface area contributed by atoms with Crippen molar-refractivity contribution in [3.05, 3.63) is 60.7 Å². The smallest absolute Gasteiger partial charge is 0.0641 e. The molecule has 0 radical (unpaired) electrons. The Morgan fingerprint density at radius 1 is 0.944 bits per heavy atom. The number of benzene rings is 2. The minimum Gasteiger partial charge on any atom is -0.298 e. The van der Waals surface area contributed by atoms with E-state index in [0.717, 1.165) is 11.4 Å². The summed E-state index contributed by atoms with van der Waals surface area (Å²) < 4.78 is 0. The Morgan fingerprint density at radius 3 is 2.17 bits per heavy atom. The van der Waals surface area contributed by atoms with E-state index in [-0.39, 0.29) is 0 Å². The Kier molecular flexibility index (Phi) is 4.21. The maximum Gasteiger partial charge on any atom is 0.0641 e. The lowest BCUT2D eigenvalue weighted by Gasteiger charge is -2.25. The van der Waals surface area contributed by atoms with Gasteiger partial charge in [-0.25, -0.2) is 0 Å². The molecule has 0 atom stereocenters. The molecule has 0 aliphatic rings. The lowest BCUT2D eigenvalue weighted by atomic mass is 10.3. The number of hydrogen-bond donors (Lipinski definition) is 1. The van der Waals surface area contributed by atoms with Crippen LogP contribution in [0.4, 0.5) is 11.4 Å². The normalized spacial score (nSPS) is 9.50. The number of rotatable bonds is 5. The van der Waals surface area contributed by atoms with Crippen LogP contribution in [0.1, 0.15) is 6.42 Å². The monoisotopic (exact) mass is 237 g/mol. The van der Waals surface area contributed by atoms with Crippen molar-refractivity contribution in [2.45, 2.75) is 6.42 Å². The van der Waals surface area contributed by atoms with Crippen molar-refractivity contribution in [2.75, 3.05) is 17.0 Å². The van der Waals surface area contributed by atoms with Crippen LogP contribution in [0, 0.1) is 11.3 Å². The average molecular weight is 237 g/mol. The Bertz CT molecular complexity index is 502. The molecule has 0 saturated heterocycles. The van der Waals surface area contributed by atoms with Gasteiger partial charge in [0, 0.05) is 0 Å². The van der Waals surface area contributed by atoms with Gasteiger partial charge in [-0.3, -0.25) is 10.4 Å². The molecule has 0 unspecified atom stereocenters. The van der Waals surface area contributed by atoms with E-state index in [0.29, 0.717) is 13.0 Å². The molecule has 0 saturated carbocycles. The van der Waals surface area contributed by atoms with E-state index in [1.165, 1.54) is 0 Å². The Labute approximate surface area is 107 Å². The van der Waals surface area contributed by atoms with Crippen molar-refractivity contribution in [2.24, 2.45) is 0 Å². The van der Waals surface area contributed by atoms with Gasteiger partial charge in [0.1, 0.15) is 0 Å². The van der Waals surface area contributed by atoms with Crippen molar-refractivity contribution in [3.63, 3.8) is 0 Å². The second-order valence-electron chi connectivity index (χ2n) is 3.87. The summed E-state index contributed by atoms with van der Waals surface area (Å²) >= 11 is 0. The highest BCUT2D eigenvalue weighted by molar-refractivity contribution is 5.54. The fourth-order valence-electron chi connectivity index (χ4n) is 1.69. The van der Waals surface area contributed by atoms with E-state index in [4.69, 9.17) is 5.26 Å². The third kappa shape index (κ3) is 3.26. The second-order valence-corrected chi connectivity index (χ2v) is 3.87. The largest absolute Gasteiger partial charge is 0.298 e. The summed E-state index contributed by atoms with van der Waals surface area (Å²) in [6, 6.07) is 22.1. The molecule has 0 fully saturated rings. The van der Waals surface area contributed by atoms with Crippen LogP contribution in [-0.4, -0.2) is 6.54 Å². The number of para-hydroxylation sites is 2. The van der Waals surface area contributed by atoms with Gasteiger partial charge in [-0.05, 0) is 24.3 Å². The van der Waals surface area contributed by atoms with Gasteiger partial charge in [-0.15, -0.1) is 0 Å². The first kappa shape index (κ1) is 12.0. The molecule has 3 heteroatoms. The minimum atomic E-state index is 0.481. The summed E-state index contributed by atoms with van der Waals surface area (Å²) in [5, 5.41) is 10.7. The van der Waals surface area contributed by atoms with Crippen LogP contribution in [-0.2, 0) is 0 Å². The SMILES string of the molecule is N#CCCN(Nc1ccccc1)c1ccccc1. The van der Waals surface area contributed by atoms with Crippen molar-refractivity contribution in [1.82, 2.24) is 0 Å². The molecule has 0 aromatic heterocycles. The van der Waals surface area contributed by atoms with E-state index in [2.05, 4.69) is 11.5 Å². The average Bonchev–Trinajstić information content (AvgIpc) is 2.45. The van der Waals surface area contributed by atoms with Crippen LogP contribution in [0.2, 0.25) is 0 Å². The zero-order chi connectivity index (χ0) is 12.6. The van der Waals surface area contributed by atoms with Gasteiger partial charge in [0.2, 0.25) is 0 Å². The van der Waals surface area contributed by atoms with E-state index in [1.807, 2.05) is 65.7 Å². The standard InChI is InChI=1S/C15H15N3/c16-12-7-13-18(15-10-5-2-6-11-15)17-14-8-3-1-4-9-14/h1-6,8-11,17H,7,13H2. The molecular formula is C15H15N3. The lowest BCUT2D eigenvalue weighted by molar-refractivity contribution is 0.891. The number of anilines is 2. The molecule has 18 heavy (non-hydrogen) atoms. The summed E-state index contributed by atoms with van der Waals surface area (Å²) in [7, 11) is 0. The van der Waals surface area contributed by atoms with Crippen molar-refractivity contribution >= 4 is 11.4 Å². The quantitative estimate of drug-likeness (QED) is 0.810. The van der Waals surface area contributed by atoms with Gasteiger partial charge < -0.3 is 0 Å². The summed E-state index contributed by atoms with van der Waals surface area (Å²) in [6.07, 6.45) is 0.481. The predicted molar refractivity (Wildman–Crippen MR) is 74.1 cm³/mol. The zero-order valence-corrected chi connectivity index (χ0v) is 10.1. The first-order chi connectivity index (χ1) is 8.90. The summed E-state index contributed by atoms with van der Waals surface area (Å²) in [5.41, 5.74) is 5.38. The van der Waals surface area contributed by atoms with E-state index in [1.54, 1.807) is 0 Å². The number of nitrogens with one attached hydrogen (secondary N) is 1. The fourth-order valence-corrected chi connectivity index (χ4v) is 1.69. The van der Waals surface area contributed by atoms with Gasteiger partial charge in [-0.1, -0.05) is 36.4 Å². The third-order valence-corrected chi connectivity index (χ3v) is 2.55. The molecule has 0 aliphatic carbocycles. The van der Waals surface area contributed by atoms with Crippen molar-refractivity contribution in [3.8, 4) is 6.07 Å². The molecule has 2 aromatic carbocycles. The van der Waals surface area contributed by atoms with Gasteiger partial charge in [0.15, 0.2) is 0 Å². The first-order valence-corrected chi connectivity index (χ1v) is 5.91. The second kappa shape index (κ2) is 6.31. The molecule has 0 amide bonds. The molecule has 0 bridgehead atoms. The van der Waals surface area contributed by atoms with E-state index >= 15 is 0 Å². The Morgan fingerprint density at radius 2 is 1.56 bits per heavy atom. The molecule has 1 N–H and O–H groups in total. The van der Waals surface area contributed by atoms with E-state index in [9.17, 15) is 0 Å². The molecule has 2 rings (SSSR count). The summed E-state index contributed by atoms with van der Waals surface area (Å²) in [6.45, 7) is 0.648. The van der Waals surface area contributed by atoms with Crippen LogP contribution in [0.15, 0.2) is 60.7 Å². The highest BCUT2D eigenvalue weighted by Gasteiger charge is 2.05. The zero-order valence-electron chi connectivity index (χ0n) is 10.1. The number of nitrogens with zero attached hydrogens (tertiary/aromatic N) is 2. The molecule has 2 aromatic rings. The van der Waals surface area contributed by atoms with Gasteiger partial charge >= 0.3 is 0 Å². The predicted octanol–water partition coefficient (Wildman–Crippen LogP) is 3.43. The summed E-state index contributed by atoms with van der Waals surface area (Å²) in [4.78, 5) is 0. The Balaban J connectivity index is 2.14. The van der Waals surface area contributed by atoms with Gasteiger partial charge in [0.25, 0.3) is 0 Å². The molecular weight excluding hydrogens is 222 g/mol. The number of hydrogen-bond acceptors (Lipinski definition) is 3. The van der Waals surface area contributed by atoms with Crippen LogP contribution in [0.3, 0.4) is 0 Å². The fraction of sp³-hybridized carbons (Fsp3) is 0.133. The van der Waals surface area contributed by atoms with Crippen molar-refractivity contribution < 1.29 is 0 Å². The first-order valence-electron chi connectivity index (χ1n) is 5.91. The number of nitriles is 1. The molecule has 0 aliphatic heterocycles. The minimum absolute atomic E-state index is 0.481. The molecule has 3 nitrogen and oxygen atoms in total. The van der Waals surface area contributed by atoms with Crippen LogP contribution >= 0.6 is 0 Å². The third-order valence-electron chi connectivity index (χ3n) is 2.55. The maximum absolute atomic E-state index is 8.72. The van der Waals surface area contributed by atoms with E-state index < -0.39 is 0 Å². The molecule has 0 spiro atoms. The van der Waals surface area contributed by atoms with Crippen LogP contribution in [0.5, 0.6) is 0 Å². The highest BCUT2D eigenvalue weighted by atomic mass is 15.5. The van der Waals surface area contributed by atoms with Gasteiger partial charge in [0.05, 0.1) is 30.4 Å². The topological polar surface area (TPSA) is 39.1 Å². The number of hydrazine groups is 1. The van der Waals surface area contributed by atoms with Crippen LogP contribution < -0.4 is 10.4 Å². The van der Waals surface area contributed by atoms with Crippen LogP contribution in [0.25, 0.3) is 0 Å². The molecule has 0 heterocycles. The highest BCUT2D eigenvalue weighted by Crippen LogP contribution is 2.16. The summed E-state index contributed by atoms with van der Waals surface area (Å²) in [5.74, 6) is 0. The lowest BCUT2D eigenvalue weighted by Crippen LogP contribution is -2.30. The van der Waals surface area contributed by atoms with Crippen molar-refractivity contribution in [1.29, 1.82) is 5.26 Å². The maximum atomic E-state index is 8.72. The Hall–Kier alpha value is -2.47. The molecule has 90 valence electrons.